The van der Waals surface area contributed by atoms with E-state index in [4.69, 9.17) is 0 Å². The van der Waals surface area contributed by atoms with Gasteiger partial charge < -0.3 is 5.11 Å². The van der Waals surface area contributed by atoms with Crippen molar-refractivity contribution in [2.45, 2.75) is 33.8 Å². The van der Waals surface area contributed by atoms with Crippen LogP contribution in [0.4, 0.5) is 4.39 Å². The molecule has 4 heteroatoms. The van der Waals surface area contributed by atoms with Crippen molar-refractivity contribution in [1.29, 1.82) is 0 Å². The average Bonchev–Trinajstić information content (AvgIpc) is 2.64. The lowest BCUT2D eigenvalue weighted by molar-refractivity contribution is 0.280. The molecule has 0 aliphatic heterocycles. The van der Waals surface area contributed by atoms with Crippen LogP contribution in [0.5, 0.6) is 0 Å². The highest BCUT2D eigenvalue weighted by Crippen LogP contribution is 2.22. The molecule has 1 aromatic heterocycles. The molecule has 2 rings (SSSR count). The highest BCUT2D eigenvalue weighted by atomic mass is 19.1. The summed E-state index contributed by atoms with van der Waals surface area (Å²) in [7, 11) is 0. The Morgan fingerprint density at radius 2 is 2.06 bits per heavy atom. The van der Waals surface area contributed by atoms with Gasteiger partial charge in [-0.3, -0.25) is 0 Å². The number of aliphatic hydroxyl groups is 1. The predicted molar refractivity (Wildman–Crippen MR) is 68.3 cm³/mol. The van der Waals surface area contributed by atoms with E-state index in [0.717, 1.165) is 23.5 Å². The first-order chi connectivity index (χ1) is 8.58. The van der Waals surface area contributed by atoms with E-state index in [1.54, 1.807) is 10.7 Å². The summed E-state index contributed by atoms with van der Waals surface area (Å²) in [6.45, 7) is 5.83. The number of aromatic nitrogens is 2. The van der Waals surface area contributed by atoms with E-state index in [0.29, 0.717) is 5.56 Å². The molecule has 2 aromatic rings. The van der Waals surface area contributed by atoms with Crippen LogP contribution in [-0.2, 0) is 13.0 Å². The monoisotopic (exact) mass is 248 g/mol. The van der Waals surface area contributed by atoms with E-state index in [2.05, 4.69) is 12.0 Å². The fourth-order valence-electron chi connectivity index (χ4n) is 2.31. The molecule has 96 valence electrons. The molecule has 0 saturated carbocycles. The number of nitrogens with zero attached hydrogens (tertiary/aromatic N) is 2. The van der Waals surface area contributed by atoms with Crippen LogP contribution in [0, 0.1) is 19.7 Å². The number of aryl methyl sites for hydroxylation is 1. The summed E-state index contributed by atoms with van der Waals surface area (Å²) in [5.74, 6) is -0.347. The molecule has 0 fully saturated rings. The molecule has 1 N–H and O–H groups in total. The van der Waals surface area contributed by atoms with Gasteiger partial charge in [0, 0.05) is 11.3 Å². The van der Waals surface area contributed by atoms with Gasteiger partial charge in [-0.05, 0) is 44.0 Å². The van der Waals surface area contributed by atoms with Crippen LogP contribution in [0.25, 0.3) is 5.69 Å². The lowest BCUT2D eigenvalue weighted by Gasteiger charge is -2.10. The number of rotatable bonds is 3. The average molecular weight is 248 g/mol. The van der Waals surface area contributed by atoms with Crippen molar-refractivity contribution in [1.82, 2.24) is 9.78 Å². The van der Waals surface area contributed by atoms with Crippen LogP contribution < -0.4 is 0 Å². The quantitative estimate of drug-likeness (QED) is 0.906. The van der Waals surface area contributed by atoms with E-state index in [1.807, 2.05) is 13.8 Å². The first kappa shape index (κ1) is 12.8. The van der Waals surface area contributed by atoms with Crippen molar-refractivity contribution in [3.8, 4) is 5.69 Å². The van der Waals surface area contributed by atoms with E-state index in [-0.39, 0.29) is 12.4 Å². The van der Waals surface area contributed by atoms with Crippen molar-refractivity contribution in [2.75, 3.05) is 0 Å². The van der Waals surface area contributed by atoms with Gasteiger partial charge in [0.1, 0.15) is 5.82 Å². The van der Waals surface area contributed by atoms with Crippen molar-refractivity contribution in [3.63, 3.8) is 0 Å². The Morgan fingerprint density at radius 1 is 1.33 bits per heavy atom. The summed E-state index contributed by atoms with van der Waals surface area (Å²) in [5.41, 5.74) is 4.49. The third-order valence-corrected chi connectivity index (χ3v) is 3.23. The molecule has 0 spiro atoms. The third-order valence-electron chi connectivity index (χ3n) is 3.23. The zero-order valence-corrected chi connectivity index (χ0v) is 10.9. The maximum Gasteiger partial charge on any atom is 0.123 e. The largest absolute Gasteiger partial charge is 0.392 e. The van der Waals surface area contributed by atoms with Crippen LogP contribution >= 0.6 is 0 Å². The number of halogens is 1. The highest BCUT2D eigenvalue weighted by molar-refractivity contribution is 5.43. The molecular weight excluding hydrogens is 231 g/mol. The van der Waals surface area contributed by atoms with Crippen molar-refractivity contribution in [3.05, 3.63) is 46.5 Å². The van der Waals surface area contributed by atoms with Gasteiger partial charge in [0.25, 0.3) is 0 Å². The van der Waals surface area contributed by atoms with Gasteiger partial charge in [-0.15, -0.1) is 0 Å². The SMILES string of the molecule is CCc1c(C)nn(-c2ccc(F)cc2CO)c1C. The van der Waals surface area contributed by atoms with Crippen LogP contribution in [0.1, 0.15) is 29.4 Å². The molecule has 0 saturated heterocycles. The molecule has 18 heavy (non-hydrogen) atoms. The zero-order chi connectivity index (χ0) is 13.3. The van der Waals surface area contributed by atoms with Gasteiger partial charge in [0.05, 0.1) is 18.0 Å². The van der Waals surface area contributed by atoms with E-state index in [9.17, 15) is 9.50 Å². The fourth-order valence-corrected chi connectivity index (χ4v) is 2.31. The van der Waals surface area contributed by atoms with Gasteiger partial charge in [-0.25, -0.2) is 9.07 Å². The Labute approximate surface area is 106 Å². The molecular formula is C14H17FN2O. The Hall–Kier alpha value is -1.68. The molecule has 0 amide bonds. The maximum absolute atomic E-state index is 13.2. The topological polar surface area (TPSA) is 38.0 Å². The molecule has 3 nitrogen and oxygen atoms in total. The summed E-state index contributed by atoms with van der Waals surface area (Å²) < 4.78 is 14.9. The van der Waals surface area contributed by atoms with E-state index >= 15 is 0 Å². The Balaban J connectivity index is 2.62. The van der Waals surface area contributed by atoms with Crippen LogP contribution in [0.2, 0.25) is 0 Å². The minimum Gasteiger partial charge on any atom is -0.392 e. The summed E-state index contributed by atoms with van der Waals surface area (Å²) in [6, 6.07) is 4.38. The highest BCUT2D eigenvalue weighted by Gasteiger charge is 2.13. The maximum atomic E-state index is 13.2. The van der Waals surface area contributed by atoms with Gasteiger partial charge in [0.2, 0.25) is 0 Å². The van der Waals surface area contributed by atoms with Crippen LogP contribution in [-0.4, -0.2) is 14.9 Å². The summed E-state index contributed by atoms with van der Waals surface area (Å²) in [6.07, 6.45) is 0.910. The predicted octanol–water partition coefficient (Wildman–Crippen LogP) is 2.68. The van der Waals surface area contributed by atoms with Gasteiger partial charge in [0.15, 0.2) is 0 Å². The first-order valence-electron chi connectivity index (χ1n) is 6.03. The van der Waals surface area contributed by atoms with E-state index < -0.39 is 0 Å². The second-order valence-corrected chi connectivity index (χ2v) is 4.35. The Kier molecular flexibility index (Phi) is 3.48. The minimum atomic E-state index is -0.347. The third kappa shape index (κ3) is 2.04. The van der Waals surface area contributed by atoms with Gasteiger partial charge in [-0.1, -0.05) is 6.92 Å². The summed E-state index contributed by atoms with van der Waals surface area (Å²) >= 11 is 0. The molecule has 0 bridgehead atoms. The molecule has 0 aliphatic rings. The second-order valence-electron chi connectivity index (χ2n) is 4.35. The Bertz CT molecular complexity index is 575. The Morgan fingerprint density at radius 3 is 2.61 bits per heavy atom. The normalized spacial score (nSPS) is 10.9. The second kappa shape index (κ2) is 4.90. The molecule has 0 aliphatic carbocycles. The first-order valence-corrected chi connectivity index (χ1v) is 6.03. The van der Waals surface area contributed by atoms with E-state index in [1.165, 1.54) is 17.7 Å². The van der Waals surface area contributed by atoms with Crippen molar-refractivity contribution in [2.24, 2.45) is 0 Å². The van der Waals surface area contributed by atoms with Gasteiger partial charge >= 0.3 is 0 Å². The lowest BCUT2D eigenvalue weighted by Crippen LogP contribution is -2.04. The molecule has 0 atom stereocenters. The van der Waals surface area contributed by atoms with Gasteiger partial charge in [-0.2, -0.15) is 5.10 Å². The number of hydrogen-bond donors (Lipinski definition) is 1. The molecule has 0 radical (unpaired) electrons. The summed E-state index contributed by atoms with van der Waals surface area (Å²) in [4.78, 5) is 0. The van der Waals surface area contributed by atoms with Crippen LogP contribution in [0.3, 0.4) is 0 Å². The number of benzene rings is 1. The number of aliphatic hydroxyl groups excluding tert-OH is 1. The standard InChI is InChI=1S/C14H17FN2O/c1-4-13-9(2)16-17(10(13)3)14-6-5-12(15)7-11(14)8-18/h5-7,18H,4,8H2,1-3H3. The minimum absolute atomic E-state index is 0.201. The number of hydrogen-bond acceptors (Lipinski definition) is 2. The smallest absolute Gasteiger partial charge is 0.123 e. The molecule has 1 heterocycles. The van der Waals surface area contributed by atoms with Crippen molar-refractivity contribution >= 4 is 0 Å². The zero-order valence-electron chi connectivity index (χ0n) is 10.9. The molecule has 1 aromatic carbocycles. The van der Waals surface area contributed by atoms with Crippen molar-refractivity contribution < 1.29 is 9.50 Å². The fraction of sp³-hybridized carbons (Fsp3) is 0.357. The lowest BCUT2D eigenvalue weighted by atomic mass is 10.1. The van der Waals surface area contributed by atoms with Crippen LogP contribution in [0.15, 0.2) is 18.2 Å². The molecule has 0 unspecified atom stereocenters. The summed E-state index contributed by atoms with van der Waals surface area (Å²) in [5, 5.41) is 13.8.